The third-order valence-electron chi connectivity index (χ3n) is 6.04. The fraction of sp³-hybridized carbons (Fsp3) is 0.682. The maximum Gasteiger partial charge on any atom is 0.425 e. The maximum absolute atomic E-state index is 13.5. The van der Waals surface area contributed by atoms with E-state index in [0.29, 0.717) is 55.9 Å². The molecule has 3 N–H and O–H groups in total. The van der Waals surface area contributed by atoms with Gasteiger partial charge in [0.1, 0.15) is 10.5 Å². The number of nitrogens with zero attached hydrogens (tertiary/aromatic N) is 3. The Bertz CT molecular complexity index is 907. The SMILES string of the molecule is CC.OCc1c(C(F)(F)F)sc2c1CCOC21CCN(Cc2cnn(CC(O)CO)c2)CC1. The first-order chi connectivity index (χ1) is 15.8. The van der Waals surface area contributed by atoms with E-state index < -0.39 is 29.4 Å². The predicted octanol–water partition coefficient (Wildman–Crippen LogP) is 2.90. The number of fused-ring (bicyclic) bond motifs is 2. The second-order valence-electron chi connectivity index (χ2n) is 8.15. The van der Waals surface area contributed by atoms with Crippen molar-refractivity contribution in [1.82, 2.24) is 14.7 Å². The fourth-order valence-corrected chi connectivity index (χ4v) is 5.93. The molecule has 0 bridgehead atoms. The lowest BCUT2D eigenvalue weighted by molar-refractivity contribution is -0.135. The van der Waals surface area contributed by atoms with Crippen molar-refractivity contribution in [2.24, 2.45) is 0 Å². The van der Waals surface area contributed by atoms with Crippen molar-refractivity contribution in [3.8, 4) is 0 Å². The average Bonchev–Trinajstić information content (AvgIpc) is 3.41. The third-order valence-corrected chi connectivity index (χ3v) is 7.55. The number of likely N-dealkylation sites (tertiary alicyclic amines) is 1. The van der Waals surface area contributed by atoms with Crippen molar-refractivity contribution in [1.29, 1.82) is 0 Å². The molecule has 7 nitrogen and oxygen atoms in total. The van der Waals surface area contributed by atoms with E-state index in [9.17, 15) is 23.4 Å². The Balaban J connectivity index is 0.00000149. The van der Waals surface area contributed by atoms with Crippen molar-refractivity contribution >= 4 is 11.3 Å². The van der Waals surface area contributed by atoms with Crippen LogP contribution in [0, 0.1) is 0 Å². The third kappa shape index (κ3) is 5.60. The Labute approximate surface area is 195 Å². The van der Waals surface area contributed by atoms with Crippen molar-refractivity contribution in [3.05, 3.63) is 38.8 Å². The Morgan fingerprint density at radius 1 is 1.24 bits per heavy atom. The van der Waals surface area contributed by atoms with Crippen LogP contribution in [0.1, 0.15) is 53.1 Å². The number of ether oxygens (including phenoxy) is 1. The number of rotatable bonds is 6. The van der Waals surface area contributed by atoms with Gasteiger partial charge in [-0.3, -0.25) is 9.58 Å². The summed E-state index contributed by atoms with van der Waals surface area (Å²) < 4.78 is 48.2. The molecule has 4 rings (SSSR count). The highest BCUT2D eigenvalue weighted by molar-refractivity contribution is 7.12. The minimum atomic E-state index is -4.48. The molecule has 0 aromatic carbocycles. The van der Waals surface area contributed by atoms with E-state index >= 15 is 0 Å². The molecule has 11 heteroatoms. The number of alkyl halides is 3. The fourth-order valence-electron chi connectivity index (χ4n) is 4.51. The molecule has 0 aliphatic carbocycles. The quantitative estimate of drug-likeness (QED) is 0.576. The van der Waals surface area contributed by atoms with Crippen molar-refractivity contribution < 1.29 is 33.2 Å². The molecule has 0 radical (unpaired) electrons. The van der Waals surface area contributed by atoms with Gasteiger partial charge in [0.25, 0.3) is 0 Å². The Kier molecular flexibility index (Phi) is 8.57. The lowest BCUT2D eigenvalue weighted by atomic mass is 9.84. The number of aromatic nitrogens is 2. The number of aliphatic hydroxyl groups is 3. The number of hydrogen-bond donors (Lipinski definition) is 3. The molecular weight excluding hydrogens is 459 g/mol. The Morgan fingerprint density at radius 2 is 1.94 bits per heavy atom. The number of hydrogen-bond acceptors (Lipinski definition) is 7. The molecule has 1 atom stereocenters. The van der Waals surface area contributed by atoms with Crippen LogP contribution in [0.5, 0.6) is 0 Å². The number of thiophene rings is 1. The van der Waals surface area contributed by atoms with E-state index in [2.05, 4.69) is 10.00 Å². The van der Waals surface area contributed by atoms with Gasteiger partial charge in [-0.25, -0.2) is 0 Å². The van der Waals surface area contributed by atoms with Gasteiger partial charge >= 0.3 is 6.18 Å². The van der Waals surface area contributed by atoms with Gasteiger partial charge in [-0.2, -0.15) is 18.3 Å². The molecule has 1 unspecified atom stereocenters. The van der Waals surface area contributed by atoms with E-state index in [4.69, 9.17) is 9.84 Å². The molecule has 2 aromatic heterocycles. The summed E-state index contributed by atoms with van der Waals surface area (Å²) in [6.45, 7) is 5.59. The second-order valence-corrected chi connectivity index (χ2v) is 9.17. The standard InChI is InChI=1S/C20H26F3N3O4S.C2H6/c21-20(22,23)18-16(12-28)15-1-6-30-19(17(15)31-18)2-4-25(5-3-19)8-13-7-24-26(9-13)10-14(29)11-27;1-2/h7,9,14,27-29H,1-6,8,10-12H2;1-2H3. The largest absolute Gasteiger partial charge is 0.425 e. The molecular formula is C22H32F3N3O4S. The monoisotopic (exact) mass is 491 g/mol. The molecule has 0 saturated carbocycles. The first-order valence-electron chi connectivity index (χ1n) is 11.3. The van der Waals surface area contributed by atoms with Crippen LogP contribution in [0.25, 0.3) is 0 Å². The highest BCUT2D eigenvalue weighted by atomic mass is 32.1. The van der Waals surface area contributed by atoms with Crippen molar-refractivity contribution in [2.75, 3.05) is 26.3 Å². The maximum atomic E-state index is 13.5. The van der Waals surface area contributed by atoms with Gasteiger partial charge in [0.05, 0.1) is 38.7 Å². The molecule has 186 valence electrons. The zero-order valence-electron chi connectivity index (χ0n) is 18.9. The molecule has 2 aromatic rings. The van der Waals surface area contributed by atoms with Crippen LogP contribution in [-0.4, -0.2) is 62.4 Å². The summed E-state index contributed by atoms with van der Waals surface area (Å²) in [5.74, 6) is 0. The summed E-state index contributed by atoms with van der Waals surface area (Å²) in [7, 11) is 0. The van der Waals surface area contributed by atoms with Crippen molar-refractivity contribution in [3.63, 3.8) is 0 Å². The van der Waals surface area contributed by atoms with E-state index in [1.807, 2.05) is 20.0 Å². The molecule has 2 aliphatic rings. The van der Waals surface area contributed by atoms with Crippen LogP contribution in [0.3, 0.4) is 0 Å². The van der Waals surface area contributed by atoms with E-state index in [-0.39, 0.29) is 18.7 Å². The second kappa shape index (κ2) is 10.8. The smallest absolute Gasteiger partial charge is 0.394 e. The van der Waals surface area contributed by atoms with E-state index in [1.165, 1.54) is 0 Å². The summed E-state index contributed by atoms with van der Waals surface area (Å²) in [6.07, 6.45) is -0.252. The molecule has 0 amide bonds. The number of aliphatic hydroxyl groups excluding tert-OH is 3. The van der Waals surface area contributed by atoms with E-state index in [1.54, 1.807) is 10.9 Å². The van der Waals surface area contributed by atoms with Crippen LogP contribution >= 0.6 is 11.3 Å². The zero-order chi connectivity index (χ0) is 24.2. The minimum absolute atomic E-state index is 0.00934. The molecule has 1 spiro atoms. The first-order valence-corrected chi connectivity index (χ1v) is 12.1. The van der Waals surface area contributed by atoms with Gasteiger partial charge in [0, 0.05) is 41.8 Å². The van der Waals surface area contributed by atoms with Gasteiger partial charge in [-0.1, -0.05) is 13.8 Å². The van der Waals surface area contributed by atoms with Gasteiger partial charge < -0.3 is 20.1 Å². The van der Waals surface area contributed by atoms with Crippen LogP contribution in [0.4, 0.5) is 13.2 Å². The Morgan fingerprint density at radius 3 is 2.55 bits per heavy atom. The van der Waals surface area contributed by atoms with Crippen LogP contribution in [0.15, 0.2) is 12.4 Å². The average molecular weight is 492 g/mol. The molecule has 4 heterocycles. The zero-order valence-corrected chi connectivity index (χ0v) is 19.8. The lowest BCUT2D eigenvalue weighted by Crippen LogP contribution is -2.45. The van der Waals surface area contributed by atoms with Crippen LogP contribution in [0.2, 0.25) is 0 Å². The number of piperidine rings is 1. The summed E-state index contributed by atoms with van der Waals surface area (Å²) in [5, 5.41) is 32.3. The van der Waals surface area contributed by atoms with Crippen LogP contribution in [-0.2, 0) is 42.6 Å². The summed E-state index contributed by atoms with van der Waals surface area (Å²) >= 11 is 0.729. The first kappa shape index (κ1) is 26.1. The van der Waals surface area contributed by atoms with Gasteiger partial charge in [0.2, 0.25) is 0 Å². The van der Waals surface area contributed by atoms with Crippen LogP contribution < -0.4 is 0 Å². The van der Waals surface area contributed by atoms with Crippen molar-refractivity contribution in [2.45, 2.75) is 70.7 Å². The molecule has 1 fully saturated rings. The topological polar surface area (TPSA) is 91.0 Å². The molecule has 33 heavy (non-hydrogen) atoms. The van der Waals surface area contributed by atoms with E-state index in [0.717, 1.165) is 16.9 Å². The Hall–Kier alpha value is -1.50. The summed E-state index contributed by atoms with van der Waals surface area (Å²) in [4.78, 5) is 2.13. The van der Waals surface area contributed by atoms with Gasteiger partial charge in [-0.05, 0) is 24.8 Å². The summed E-state index contributed by atoms with van der Waals surface area (Å²) in [6, 6.07) is 0. The van der Waals surface area contributed by atoms with Gasteiger partial charge in [-0.15, -0.1) is 11.3 Å². The van der Waals surface area contributed by atoms with Gasteiger partial charge in [0.15, 0.2) is 0 Å². The predicted molar refractivity (Wildman–Crippen MR) is 118 cm³/mol. The highest BCUT2D eigenvalue weighted by Gasteiger charge is 2.47. The highest BCUT2D eigenvalue weighted by Crippen LogP contribution is 2.50. The minimum Gasteiger partial charge on any atom is -0.394 e. The molecule has 1 saturated heterocycles. The lowest BCUT2D eigenvalue weighted by Gasteiger charge is -2.43. The number of halogens is 3. The summed E-state index contributed by atoms with van der Waals surface area (Å²) in [5.41, 5.74) is 0.861. The molecule has 2 aliphatic heterocycles. The normalized spacial score (nSPS) is 19.2.